The average Bonchev–Trinajstić information content (AvgIpc) is 3.43. The molecule has 11 atom stereocenters. The summed E-state index contributed by atoms with van der Waals surface area (Å²) in [6.07, 6.45) is 38.8. The zero-order valence-electron chi connectivity index (χ0n) is 48.2. The van der Waals surface area contributed by atoms with Gasteiger partial charge in [-0.25, -0.2) is 0 Å². The fraction of sp³-hybridized carbons (Fsp3) is 0.871. The lowest BCUT2D eigenvalue weighted by molar-refractivity contribution is -0.332. The van der Waals surface area contributed by atoms with Crippen LogP contribution in [0.2, 0.25) is 0 Å². The third-order valence-corrected chi connectivity index (χ3v) is 14.8. The van der Waals surface area contributed by atoms with Gasteiger partial charge in [-0.15, -0.1) is 0 Å². The zero-order chi connectivity index (χ0) is 56.0. The number of ether oxygens (including phenoxy) is 6. The number of aliphatic hydroxyl groups is 7. The van der Waals surface area contributed by atoms with E-state index in [-0.39, 0.29) is 26.1 Å². The highest BCUT2D eigenvalue weighted by molar-refractivity contribution is 5.70. The Labute approximate surface area is 465 Å². The number of carbonyl (C=O) groups is 2. The molecule has 0 aliphatic carbocycles. The van der Waals surface area contributed by atoms with Gasteiger partial charge in [0.25, 0.3) is 0 Å². The Morgan fingerprint density at radius 1 is 0.416 bits per heavy atom. The minimum atomic E-state index is -1.77. The normalized spacial score (nSPS) is 24.4. The summed E-state index contributed by atoms with van der Waals surface area (Å²) in [6, 6.07) is 0. The molecule has 2 saturated heterocycles. The predicted octanol–water partition coefficient (Wildman–Crippen LogP) is 11.2. The van der Waals surface area contributed by atoms with E-state index in [0.29, 0.717) is 12.8 Å². The standard InChI is InChI=1S/C62H112O15/c1-3-5-7-9-11-13-15-17-19-21-23-24-25-26-27-29-30-32-34-36-38-40-42-44-53(64)72-47-50(75-54(65)45-43-41-39-37-35-33-31-28-22-20-18-16-14-12-10-8-6-4-2)48-73-61-60(71)58(69)56(67)52(77-61)49-74-62-59(70)57(68)55(66)51(46-63)76-62/h14,16,20-23,50-52,55-63,66-71H,3-13,15,17-19,24-49H2,1-2H3/b16-14-,22-20-,23-21-. The molecule has 2 aliphatic heterocycles. The number of allylic oxidation sites excluding steroid dienone is 6. The SMILES string of the molecule is CCCCCC/C=C\C/C=C\CCCCCCCCCC(=O)OC(COC(=O)CCCCCCCCCCCCC/C=C\CCCCCCCCCC)COC1OC(COC2OC(CO)C(O)C(O)C2O)C(O)C(O)C1O. The van der Waals surface area contributed by atoms with E-state index < -0.39 is 92.7 Å². The first-order valence-corrected chi connectivity index (χ1v) is 31.1. The second-order valence-electron chi connectivity index (χ2n) is 21.9. The van der Waals surface area contributed by atoms with E-state index in [1.54, 1.807) is 0 Å². The Morgan fingerprint density at radius 3 is 1.23 bits per heavy atom. The fourth-order valence-electron chi connectivity index (χ4n) is 9.77. The van der Waals surface area contributed by atoms with Crippen molar-refractivity contribution in [2.75, 3.05) is 26.4 Å². The molecule has 0 bridgehead atoms. The van der Waals surface area contributed by atoms with Crippen LogP contribution >= 0.6 is 0 Å². The first-order chi connectivity index (χ1) is 37.5. The third-order valence-electron chi connectivity index (χ3n) is 14.8. The number of unbranched alkanes of at least 4 members (excludes halogenated alkanes) is 30. The molecule has 2 rings (SSSR count). The second kappa shape index (κ2) is 48.4. The molecule has 450 valence electrons. The van der Waals surface area contributed by atoms with Crippen LogP contribution in [0.5, 0.6) is 0 Å². The maximum absolute atomic E-state index is 13.1. The molecular formula is C62H112O15. The van der Waals surface area contributed by atoms with Gasteiger partial charge < -0.3 is 64.2 Å². The first-order valence-electron chi connectivity index (χ1n) is 31.1. The average molecular weight is 1100 g/mol. The Kier molecular flexibility index (Phi) is 44.5. The van der Waals surface area contributed by atoms with Crippen molar-refractivity contribution in [2.45, 2.75) is 319 Å². The van der Waals surface area contributed by atoms with Gasteiger partial charge in [0, 0.05) is 12.8 Å². The van der Waals surface area contributed by atoms with Crippen molar-refractivity contribution in [3.63, 3.8) is 0 Å². The van der Waals surface area contributed by atoms with Crippen molar-refractivity contribution >= 4 is 11.9 Å². The van der Waals surface area contributed by atoms with E-state index in [2.05, 4.69) is 50.3 Å². The fourth-order valence-corrected chi connectivity index (χ4v) is 9.77. The van der Waals surface area contributed by atoms with Gasteiger partial charge in [0.2, 0.25) is 0 Å². The van der Waals surface area contributed by atoms with E-state index in [0.717, 1.165) is 64.2 Å². The molecule has 7 N–H and O–H groups in total. The highest BCUT2D eigenvalue weighted by atomic mass is 16.7. The number of hydrogen-bond acceptors (Lipinski definition) is 15. The summed E-state index contributed by atoms with van der Waals surface area (Å²) < 4.78 is 33.7. The third kappa shape index (κ3) is 35.2. The number of aliphatic hydroxyl groups excluding tert-OH is 7. The smallest absolute Gasteiger partial charge is 0.306 e. The molecule has 0 radical (unpaired) electrons. The lowest BCUT2D eigenvalue weighted by Crippen LogP contribution is -2.61. The molecule has 0 aromatic rings. The van der Waals surface area contributed by atoms with Crippen molar-refractivity contribution in [1.82, 2.24) is 0 Å². The van der Waals surface area contributed by atoms with Crippen molar-refractivity contribution in [3.05, 3.63) is 36.5 Å². The van der Waals surface area contributed by atoms with Crippen LogP contribution in [0, 0.1) is 0 Å². The van der Waals surface area contributed by atoms with Gasteiger partial charge in [0.15, 0.2) is 18.7 Å². The number of carbonyl (C=O) groups excluding carboxylic acids is 2. The first kappa shape index (κ1) is 70.8. The zero-order valence-corrected chi connectivity index (χ0v) is 48.2. The maximum Gasteiger partial charge on any atom is 0.306 e. The number of esters is 2. The van der Waals surface area contributed by atoms with Crippen molar-refractivity contribution < 1.29 is 73.8 Å². The van der Waals surface area contributed by atoms with Crippen LogP contribution in [0.1, 0.15) is 251 Å². The summed E-state index contributed by atoms with van der Waals surface area (Å²) in [4.78, 5) is 25.9. The number of hydrogen-bond donors (Lipinski definition) is 7. The number of rotatable bonds is 50. The van der Waals surface area contributed by atoms with E-state index >= 15 is 0 Å². The van der Waals surface area contributed by atoms with Crippen LogP contribution in [-0.2, 0) is 38.0 Å². The summed E-state index contributed by atoms with van der Waals surface area (Å²) in [7, 11) is 0. The highest BCUT2D eigenvalue weighted by Gasteiger charge is 2.47. The van der Waals surface area contributed by atoms with Crippen LogP contribution < -0.4 is 0 Å². The summed E-state index contributed by atoms with van der Waals surface area (Å²) in [5.74, 6) is -0.925. The van der Waals surface area contributed by atoms with Crippen molar-refractivity contribution in [1.29, 1.82) is 0 Å². The summed E-state index contributed by atoms with van der Waals surface area (Å²) in [5, 5.41) is 72.4. The minimum Gasteiger partial charge on any atom is -0.462 e. The topological polar surface area (TPSA) is 231 Å². The Hall–Kier alpha value is -2.28. The molecule has 2 fully saturated rings. The lowest BCUT2D eigenvalue weighted by Gasteiger charge is -2.42. The monoisotopic (exact) mass is 1100 g/mol. The summed E-state index contributed by atoms with van der Waals surface area (Å²) >= 11 is 0. The van der Waals surface area contributed by atoms with Crippen LogP contribution in [0.25, 0.3) is 0 Å². The van der Waals surface area contributed by atoms with Gasteiger partial charge in [0.05, 0.1) is 19.8 Å². The Balaban J connectivity index is 1.72. The molecule has 0 aromatic heterocycles. The molecule has 0 aromatic carbocycles. The van der Waals surface area contributed by atoms with Gasteiger partial charge in [-0.3, -0.25) is 9.59 Å². The predicted molar refractivity (Wildman–Crippen MR) is 303 cm³/mol. The van der Waals surface area contributed by atoms with E-state index in [1.807, 2.05) is 0 Å². The molecule has 2 heterocycles. The molecule has 15 heteroatoms. The van der Waals surface area contributed by atoms with Crippen LogP contribution in [0.4, 0.5) is 0 Å². The van der Waals surface area contributed by atoms with E-state index in [9.17, 15) is 45.3 Å². The molecule has 0 saturated carbocycles. The van der Waals surface area contributed by atoms with Gasteiger partial charge in [-0.2, -0.15) is 0 Å². The molecule has 0 spiro atoms. The van der Waals surface area contributed by atoms with Gasteiger partial charge in [0.1, 0.15) is 55.4 Å². The minimum absolute atomic E-state index is 0.157. The molecule has 0 amide bonds. The summed E-state index contributed by atoms with van der Waals surface area (Å²) in [5.41, 5.74) is 0. The van der Waals surface area contributed by atoms with Crippen molar-refractivity contribution in [3.8, 4) is 0 Å². The van der Waals surface area contributed by atoms with Gasteiger partial charge >= 0.3 is 11.9 Å². The Bertz CT molecular complexity index is 1480. The van der Waals surface area contributed by atoms with Crippen molar-refractivity contribution in [2.24, 2.45) is 0 Å². The largest absolute Gasteiger partial charge is 0.462 e. The molecular weight excluding hydrogens is 985 g/mol. The van der Waals surface area contributed by atoms with Crippen LogP contribution in [0.3, 0.4) is 0 Å². The second-order valence-corrected chi connectivity index (χ2v) is 21.9. The molecule has 15 nitrogen and oxygen atoms in total. The lowest BCUT2D eigenvalue weighted by atomic mass is 9.98. The van der Waals surface area contributed by atoms with Crippen LogP contribution in [-0.4, -0.2) is 142 Å². The highest BCUT2D eigenvalue weighted by Crippen LogP contribution is 2.27. The van der Waals surface area contributed by atoms with Gasteiger partial charge in [-0.1, -0.05) is 204 Å². The van der Waals surface area contributed by atoms with E-state index in [1.165, 1.54) is 148 Å². The Morgan fingerprint density at radius 2 is 0.779 bits per heavy atom. The molecule has 11 unspecified atom stereocenters. The summed E-state index contributed by atoms with van der Waals surface area (Å²) in [6.45, 7) is 2.61. The van der Waals surface area contributed by atoms with E-state index in [4.69, 9.17) is 28.4 Å². The molecule has 2 aliphatic rings. The maximum atomic E-state index is 13.1. The molecule has 77 heavy (non-hydrogen) atoms. The van der Waals surface area contributed by atoms with Crippen LogP contribution in [0.15, 0.2) is 36.5 Å². The quantitative estimate of drug-likeness (QED) is 0.0171. The van der Waals surface area contributed by atoms with Gasteiger partial charge in [-0.05, 0) is 70.6 Å².